The van der Waals surface area contributed by atoms with E-state index in [0.717, 1.165) is 12.1 Å². The Labute approximate surface area is 121 Å². The van der Waals surface area contributed by atoms with E-state index in [1.165, 1.54) is 0 Å². The number of hydrogen-bond acceptors (Lipinski definition) is 4. The van der Waals surface area contributed by atoms with Gasteiger partial charge in [0.25, 0.3) is 0 Å². The van der Waals surface area contributed by atoms with E-state index in [9.17, 15) is 5.11 Å². The third-order valence-electron chi connectivity index (χ3n) is 4.13. The Morgan fingerprint density at radius 3 is 2.60 bits per heavy atom. The molecule has 0 amide bonds. The molecule has 1 N–H and O–H groups in total. The van der Waals surface area contributed by atoms with Crippen LogP contribution in [0.4, 0.5) is 0 Å². The van der Waals surface area contributed by atoms with Crippen LogP contribution in [-0.4, -0.2) is 48.5 Å². The van der Waals surface area contributed by atoms with Gasteiger partial charge in [-0.25, -0.2) is 0 Å². The van der Waals surface area contributed by atoms with Crippen LogP contribution in [0.25, 0.3) is 0 Å². The van der Waals surface area contributed by atoms with Crippen LogP contribution in [0.1, 0.15) is 26.3 Å². The molecule has 0 spiro atoms. The molecule has 20 heavy (non-hydrogen) atoms. The molecular formula is C16H25NO3. The van der Waals surface area contributed by atoms with Gasteiger partial charge in [0.1, 0.15) is 0 Å². The lowest BCUT2D eigenvalue weighted by atomic mass is 10.0. The van der Waals surface area contributed by atoms with Gasteiger partial charge in [0.2, 0.25) is 0 Å². The normalized spacial score (nSPS) is 27.2. The summed E-state index contributed by atoms with van der Waals surface area (Å²) < 4.78 is 12.0. The maximum absolute atomic E-state index is 9.41. The fraction of sp³-hybridized carbons (Fsp3) is 0.625. The summed E-state index contributed by atoms with van der Waals surface area (Å²) in [5, 5.41) is 9.41. The number of rotatable bonds is 5. The molecule has 0 bridgehead atoms. The molecule has 1 aliphatic rings. The zero-order chi connectivity index (χ0) is 14.8. The molecule has 1 aromatic carbocycles. The molecule has 0 aromatic heterocycles. The van der Waals surface area contributed by atoms with E-state index in [4.69, 9.17) is 9.47 Å². The van der Waals surface area contributed by atoms with Crippen molar-refractivity contribution in [3.8, 4) is 0 Å². The van der Waals surface area contributed by atoms with E-state index >= 15 is 0 Å². The maximum Gasteiger partial charge on any atom is 0.192 e. The lowest BCUT2D eigenvalue weighted by Gasteiger charge is -2.35. The van der Waals surface area contributed by atoms with Crippen LogP contribution in [0, 0.1) is 0 Å². The first-order valence-corrected chi connectivity index (χ1v) is 7.07. The fourth-order valence-corrected chi connectivity index (χ4v) is 2.29. The van der Waals surface area contributed by atoms with E-state index in [1.54, 1.807) is 0 Å². The lowest BCUT2D eigenvalue weighted by molar-refractivity contribution is -0.164. The van der Waals surface area contributed by atoms with Crippen LogP contribution in [0.2, 0.25) is 0 Å². The second kappa shape index (κ2) is 5.82. The largest absolute Gasteiger partial charge is 0.394 e. The summed E-state index contributed by atoms with van der Waals surface area (Å²) in [6, 6.07) is 9.99. The van der Waals surface area contributed by atoms with Gasteiger partial charge in [-0.15, -0.1) is 0 Å². The molecule has 0 radical (unpaired) electrons. The summed E-state index contributed by atoms with van der Waals surface area (Å²) in [5.41, 5.74) is 0.779. The average Bonchev–Trinajstić information content (AvgIpc) is 2.82. The van der Waals surface area contributed by atoms with Gasteiger partial charge < -0.3 is 14.6 Å². The summed E-state index contributed by atoms with van der Waals surface area (Å²) in [4.78, 5) is 2.11. The predicted octanol–water partition coefficient (Wildman–Crippen LogP) is 1.98. The first-order chi connectivity index (χ1) is 9.37. The Hall–Kier alpha value is -0.940. The zero-order valence-electron chi connectivity index (χ0n) is 12.8. The number of aliphatic hydroxyl groups is 1. The molecule has 1 heterocycles. The number of aliphatic hydroxyl groups excluding tert-OH is 1. The molecule has 4 heteroatoms. The Bertz CT molecular complexity index is 435. The molecule has 1 fully saturated rings. The van der Waals surface area contributed by atoms with Crippen molar-refractivity contribution in [2.45, 2.75) is 38.2 Å². The number of likely N-dealkylation sites (N-methyl/N-ethyl adjacent to an activating group) is 1. The molecule has 1 aliphatic heterocycles. The number of nitrogens with zero attached hydrogens (tertiary/aromatic N) is 1. The summed E-state index contributed by atoms with van der Waals surface area (Å²) in [7, 11) is 2.00. The van der Waals surface area contributed by atoms with Gasteiger partial charge in [-0.05, 0) is 27.8 Å². The van der Waals surface area contributed by atoms with Crippen molar-refractivity contribution in [3.05, 3.63) is 35.9 Å². The SMILES string of the molecule is CN(CC1COC(C)(c2ccccc2)O1)C(C)(C)CO. The summed E-state index contributed by atoms with van der Waals surface area (Å²) in [6.07, 6.45) is 0.0102. The molecule has 1 saturated heterocycles. The monoisotopic (exact) mass is 279 g/mol. The lowest BCUT2D eigenvalue weighted by Crippen LogP contribution is -2.48. The maximum atomic E-state index is 9.41. The molecule has 4 nitrogen and oxygen atoms in total. The Morgan fingerprint density at radius 2 is 2.00 bits per heavy atom. The van der Waals surface area contributed by atoms with E-state index < -0.39 is 5.79 Å². The second-order valence-corrected chi connectivity index (χ2v) is 6.21. The molecule has 0 saturated carbocycles. The molecule has 2 unspecified atom stereocenters. The van der Waals surface area contributed by atoms with E-state index in [2.05, 4.69) is 4.90 Å². The predicted molar refractivity (Wildman–Crippen MR) is 78.4 cm³/mol. The molecule has 0 aliphatic carbocycles. The van der Waals surface area contributed by atoms with Gasteiger partial charge >= 0.3 is 0 Å². The van der Waals surface area contributed by atoms with Gasteiger partial charge in [0, 0.05) is 17.6 Å². The van der Waals surface area contributed by atoms with Crippen LogP contribution in [-0.2, 0) is 15.3 Å². The summed E-state index contributed by atoms with van der Waals surface area (Å²) >= 11 is 0. The van der Waals surface area contributed by atoms with Gasteiger partial charge in [-0.2, -0.15) is 0 Å². The van der Waals surface area contributed by atoms with Crippen LogP contribution < -0.4 is 0 Å². The number of ether oxygens (including phenoxy) is 2. The van der Waals surface area contributed by atoms with Gasteiger partial charge in [-0.3, -0.25) is 4.90 Å². The Morgan fingerprint density at radius 1 is 1.35 bits per heavy atom. The Balaban J connectivity index is 1.99. The molecule has 2 atom stereocenters. The highest BCUT2D eigenvalue weighted by molar-refractivity contribution is 5.20. The van der Waals surface area contributed by atoms with Crippen molar-refractivity contribution in [2.24, 2.45) is 0 Å². The van der Waals surface area contributed by atoms with Crippen molar-refractivity contribution in [1.82, 2.24) is 4.90 Å². The standard InChI is InChI=1S/C16H25NO3/c1-15(2,12-18)17(4)10-14-11-19-16(3,20-14)13-8-6-5-7-9-13/h5-9,14,18H,10-12H2,1-4H3. The van der Waals surface area contributed by atoms with E-state index in [-0.39, 0.29) is 18.2 Å². The van der Waals surface area contributed by atoms with E-state index in [0.29, 0.717) is 6.61 Å². The molecule has 2 rings (SSSR count). The average molecular weight is 279 g/mol. The van der Waals surface area contributed by atoms with Gasteiger partial charge in [0.15, 0.2) is 5.79 Å². The zero-order valence-corrected chi connectivity index (χ0v) is 12.8. The third kappa shape index (κ3) is 3.20. The highest BCUT2D eigenvalue weighted by Gasteiger charge is 2.40. The van der Waals surface area contributed by atoms with Crippen molar-refractivity contribution in [2.75, 3.05) is 26.8 Å². The number of hydrogen-bond donors (Lipinski definition) is 1. The molecule has 1 aromatic rings. The van der Waals surface area contributed by atoms with Crippen LogP contribution in [0.15, 0.2) is 30.3 Å². The minimum atomic E-state index is -0.671. The minimum absolute atomic E-state index is 0.0102. The Kier molecular flexibility index (Phi) is 4.49. The third-order valence-corrected chi connectivity index (χ3v) is 4.13. The first-order valence-electron chi connectivity index (χ1n) is 7.07. The fourth-order valence-electron chi connectivity index (χ4n) is 2.29. The second-order valence-electron chi connectivity index (χ2n) is 6.21. The molecule has 112 valence electrons. The van der Waals surface area contributed by atoms with Crippen LogP contribution in [0.5, 0.6) is 0 Å². The quantitative estimate of drug-likeness (QED) is 0.895. The molecular weight excluding hydrogens is 254 g/mol. The first kappa shape index (κ1) is 15.4. The van der Waals surface area contributed by atoms with Crippen molar-refractivity contribution in [1.29, 1.82) is 0 Å². The van der Waals surface area contributed by atoms with Crippen LogP contribution >= 0.6 is 0 Å². The van der Waals surface area contributed by atoms with Crippen LogP contribution in [0.3, 0.4) is 0 Å². The smallest absolute Gasteiger partial charge is 0.192 e. The van der Waals surface area contributed by atoms with Crippen molar-refractivity contribution in [3.63, 3.8) is 0 Å². The van der Waals surface area contributed by atoms with Gasteiger partial charge in [0.05, 0.1) is 19.3 Å². The highest BCUT2D eigenvalue weighted by Crippen LogP contribution is 2.34. The highest BCUT2D eigenvalue weighted by atomic mass is 16.7. The number of benzene rings is 1. The van der Waals surface area contributed by atoms with Crippen molar-refractivity contribution < 1.29 is 14.6 Å². The van der Waals surface area contributed by atoms with Gasteiger partial charge in [-0.1, -0.05) is 30.3 Å². The summed E-state index contributed by atoms with van der Waals surface area (Å²) in [6.45, 7) is 7.40. The minimum Gasteiger partial charge on any atom is -0.394 e. The van der Waals surface area contributed by atoms with E-state index in [1.807, 2.05) is 58.2 Å². The summed E-state index contributed by atoms with van der Waals surface area (Å²) in [5.74, 6) is -0.671. The topological polar surface area (TPSA) is 41.9 Å². The van der Waals surface area contributed by atoms with Crippen molar-refractivity contribution >= 4 is 0 Å².